The number of carboxylic acids is 1. The highest BCUT2D eigenvalue weighted by Crippen LogP contribution is 2.44. The van der Waals surface area contributed by atoms with Crippen LogP contribution in [0.25, 0.3) is 11.1 Å². The van der Waals surface area contributed by atoms with Crippen molar-refractivity contribution in [2.24, 2.45) is 5.92 Å². The van der Waals surface area contributed by atoms with E-state index in [4.69, 9.17) is 9.84 Å². The molecule has 3 N–H and O–H groups in total. The average molecular weight is 449 g/mol. The molecule has 0 spiro atoms. The topological polar surface area (TPSA) is 105 Å². The van der Waals surface area contributed by atoms with E-state index < -0.39 is 24.0 Å². The molecule has 2 unspecified atom stereocenters. The minimum Gasteiger partial charge on any atom is -0.481 e. The van der Waals surface area contributed by atoms with E-state index in [1.54, 1.807) is 12.2 Å². The zero-order valence-corrected chi connectivity index (χ0v) is 18.5. The number of hydrogen-bond donors (Lipinski definition) is 3. The van der Waals surface area contributed by atoms with Gasteiger partial charge in [-0.1, -0.05) is 74.0 Å². The Balaban J connectivity index is 1.36. The third kappa shape index (κ3) is 4.92. The van der Waals surface area contributed by atoms with E-state index in [0.29, 0.717) is 19.3 Å². The van der Waals surface area contributed by atoms with Crippen molar-refractivity contribution in [2.45, 2.75) is 44.2 Å². The second-order valence-corrected chi connectivity index (χ2v) is 8.49. The monoisotopic (exact) mass is 448 g/mol. The number of carboxylic acid groups (broad SMARTS) is 1. The van der Waals surface area contributed by atoms with Gasteiger partial charge >= 0.3 is 12.1 Å². The maximum Gasteiger partial charge on any atom is 0.407 e. The van der Waals surface area contributed by atoms with Gasteiger partial charge in [-0.3, -0.25) is 9.59 Å². The molecule has 0 heterocycles. The van der Waals surface area contributed by atoms with E-state index in [0.717, 1.165) is 22.3 Å². The second kappa shape index (κ2) is 9.90. The predicted molar refractivity (Wildman–Crippen MR) is 124 cm³/mol. The van der Waals surface area contributed by atoms with Crippen LogP contribution in [-0.4, -0.2) is 41.8 Å². The molecular weight excluding hydrogens is 420 g/mol. The standard InChI is InChI=1S/C26H28N2O5/c1-2-7-23(24(29)27-17-13-12-16(14-17)25(30)31)28-26(32)33-15-22-20-10-5-3-8-18(20)19-9-4-6-11-21(19)22/h3-6,8-13,16-17,22-23H,2,7,14-15H2,1H3,(H,27,29)(H,28,32)(H,30,31)/t16?,17?,23-/m0/s1. The molecule has 0 saturated heterocycles. The van der Waals surface area contributed by atoms with Gasteiger partial charge in [0.25, 0.3) is 0 Å². The summed E-state index contributed by atoms with van der Waals surface area (Å²) in [6.45, 7) is 2.10. The van der Waals surface area contributed by atoms with Gasteiger partial charge < -0.3 is 20.5 Å². The molecule has 0 bridgehead atoms. The Kier molecular flexibility index (Phi) is 6.77. The van der Waals surface area contributed by atoms with Crippen LogP contribution in [0.5, 0.6) is 0 Å². The quantitative estimate of drug-likeness (QED) is 0.532. The lowest BCUT2D eigenvalue weighted by molar-refractivity contribution is -0.140. The largest absolute Gasteiger partial charge is 0.481 e. The van der Waals surface area contributed by atoms with Gasteiger partial charge in [-0.15, -0.1) is 0 Å². The third-order valence-electron chi connectivity index (χ3n) is 6.26. The molecular formula is C26H28N2O5. The van der Waals surface area contributed by atoms with Crippen LogP contribution in [0.3, 0.4) is 0 Å². The van der Waals surface area contributed by atoms with Crippen LogP contribution in [0.1, 0.15) is 43.2 Å². The number of nitrogens with one attached hydrogen (secondary N) is 2. The first-order chi connectivity index (χ1) is 16.0. The molecule has 2 aromatic rings. The molecule has 7 heteroatoms. The van der Waals surface area contributed by atoms with Crippen molar-refractivity contribution in [1.29, 1.82) is 0 Å². The van der Waals surface area contributed by atoms with Crippen LogP contribution in [0.4, 0.5) is 4.79 Å². The maximum atomic E-state index is 12.7. The zero-order chi connectivity index (χ0) is 23.4. The Morgan fingerprint density at radius 1 is 1.03 bits per heavy atom. The molecule has 0 radical (unpaired) electrons. The summed E-state index contributed by atoms with van der Waals surface area (Å²) >= 11 is 0. The molecule has 172 valence electrons. The van der Waals surface area contributed by atoms with Crippen molar-refractivity contribution in [3.05, 3.63) is 71.8 Å². The lowest BCUT2D eigenvalue weighted by Crippen LogP contribution is -2.49. The number of fused-ring (bicyclic) bond motifs is 3. The maximum absolute atomic E-state index is 12.7. The fraction of sp³-hybridized carbons (Fsp3) is 0.346. The molecule has 3 atom stereocenters. The first-order valence-corrected chi connectivity index (χ1v) is 11.3. The number of benzene rings is 2. The smallest absolute Gasteiger partial charge is 0.407 e. The number of rotatable bonds is 8. The number of alkyl carbamates (subject to hydrolysis) is 1. The number of carbonyl (C=O) groups excluding carboxylic acids is 2. The van der Waals surface area contributed by atoms with Crippen molar-refractivity contribution < 1.29 is 24.2 Å². The minimum atomic E-state index is -0.912. The van der Waals surface area contributed by atoms with Gasteiger partial charge in [0.05, 0.1) is 5.92 Å². The summed E-state index contributed by atoms with van der Waals surface area (Å²) in [4.78, 5) is 36.4. The summed E-state index contributed by atoms with van der Waals surface area (Å²) in [5.41, 5.74) is 4.54. The van der Waals surface area contributed by atoms with Gasteiger partial charge in [-0.2, -0.15) is 0 Å². The lowest BCUT2D eigenvalue weighted by Gasteiger charge is -2.21. The van der Waals surface area contributed by atoms with E-state index in [1.165, 1.54) is 0 Å². The van der Waals surface area contributed by atoms with E-state index >= 15 is 0 Å². The number of amides is 2. The Labute approximate surface area is 192 Å². The first kappa shape index (κ1) is 22.6. The van der Waals surface area contributed by atoms with E-state index in [-0.39, 0.29) is 24.5 Å². The highest BCUT2D eigenvalue weighted by atomic mass is 16.5. The molecule has 0 fully saturated rings. The first-order valence-electron chi connectivity index (χ1n) is 11.3. The van der Waals surface area contributed by atoms with E-state index in [2.05, 4.69) is 22.8 Å². The molecule has 7 nitrogen and oxygen atoms in total. The normalized spacial score (nSPS) is 19.4. The highest BCUT2D eigenvalue weighted by molar-refractivity contribution is 5.86. The molecule has 33 heavy (non-hydrogen) atoms. The zero-order valence-electron chi connectivity index (χ0n) is 18.5. The fourth-order valence-corrected chi connectivity index (χ4v) is 4.61. The van der Waals surface area contributed by atoms with Gasteiger partial charge in [0, 0.05) is 12.0 Å². The minimum absolute atomic E-state index is 0.0572. The van der Waals surface area contributed by atoms with Gasteiger partial charge in [-0.25, -0.2) is 4.79 Å². The van der Waals surface area contributed by atoms with Gasteiger partial charge in [0.1, 0.15) is 12.6 Å². The molecule has 2 aromatic carbocycles. The number of carbonyl (C=O) groups is 3. The van der Waals surface area contributed by atoms with Crippen LogP contribution >= 0.6 is 0 Å². The molecule has 2 amide bonds. The van der Waals surface area contributed by atoms with Crippen molar-refractivity contribution >= 4 is 18.0 Å². The SMILES string of the molecule is CCC[C@H](NC(=O)OCC1c2ccccc2-c2ccccc21)C(=O)NC1C=CC(C(=O)O)C1. The van der Waals surface area contributed by atoms with Gasteiger partial charge in [0.15, 0.2) is 0 Å². The second-order valence-electron chi connectivity index (χ2n) is 8.49. The summed E-state index contributed by atoms with van der Waals surface area (Å²) in [6, 6.07) is 15.1. The average Bonchev–Trinajstić information content (AvgIpc) is 3.40. The Hall–Kier alpha value is -3.61. The predicted octanol–water partition coefficient (Wildman–Crippen LogP) is 3.84. The number of aliphatic carboxylic acids is 1. The van der Waals surface area contributed by atoms with E-state index in [9.17, 15) is 14.4 Å². The van der Waals surface area contributed by atoms with Crippen LogP contribution in [0, 0.1) is 5.92 Å². The molecule has 2 aliphatic rings. The summed E-state index contributed by atoms with van der Waals surface area (Å²) in [5, 5.41) is 14.6. The number of ether oxygens (including phenoxy) is 1. The van der Waals surface area contributed by atoms with Crippen molar-refractivity contribution in [3.8, 4) is 11.1 Å². The van der Waals surface area contributed by atoms with Gasteiger partial charge in [-0.05, 0) is 35.1 Å². The summed E-state index contributed by atoms with van der Waals surface area (Å²) < 4.78 is 5.56. The Morgan fingerprint density at radius 2 is 1.67 bits per heavy atom. The summed E-state index contributed by atoms with van der Waals surface area (Å²) in [7, 11) is 0. The van der Waals surface area contributed by atoms with Crippen LogP contribution in [-0.2, 0) is 14.3 Å². The van der Waals surface area contributed by atoms with Crippen molar-refractivity contribution in [1.82, 2.24) is 10.6 Å². The number of hydrogen-bond acceptors (Lipinski definition) is 4. The summed E-state index contributed by atoms with van der Waals surface area (Å²) in [6.07, 6.45) is 4.09. The van der Waals surface area contributed by atoms with Crippen LogP contribution < -0.4 is 10.6 Å². The third-order valence-corrected chi connectivity index (χ3v) is 6.26. The molecule has 2 aliphatic carbocycles. The van der Waals surface area contributed by atoms with Crippen LogP contribution in [0.15, 0.2) is 60.7 Å². The molecule has 0 aromatic heterocycles. The molecule has 0 aliphatic heterocycles. The van der Waals surface area contributed by atoms with Crippen molar-refractivity contribution in [3.63, 3.8) is 0 Å². The van der Waals surface area contributed by atoms with Crippen LogP contribution in [0.2, 0.25) is 0 Å². The van der Waals surface area contributed by atoms with Gasteiger partial charge in [0.2, 0.25) is 5.91 Å². The molecule has 0 saturated carbocycles. The fourth-order valence-electron chi connectivity index (χ4n) is 4.61. The Bertz CT molecular complexity index is 1030. The highest BCUT2D eigenvalue weighted by Gasteiger charge is 2.31. The van der Waals surface area contributed by atoms with Crippen molar-refractivity contribution in [2.75, 3.05) is 6.61 Å². The van der Waals surface area contributed by atoms with E-state index in [1.807, 2.05) is 43.3 Å². The molecule has 4 rings (SSSR count). The summed E-state index contributed by atoms with van der Waals surface area (Å²) in [5.74, 6) is -1.91. The Morgan fingerprint density at radius 3 is 2.24 bits per heavy atom. The lowest BCUT2D eigenvalue weighted by atomic mass is 9.98.